The van der Waals surface area contributed by atoms with Crippen LogP contribution in [0, 0.1) is 0 Å². The van der Waals surface area contributed by atoms with E-state index in [9.17, 15) is 0 Å². The van der Waals surface area contributed by atoms with Crippen molar-refractivity contribution >= 4 is 18.1 Å². The molecule has 0 amide bonds. The Hall–Kier alpha value is -2.88. The first-order valence-electron chi connectivity index (χ1n) is 7.20. The summed E-state index contributed by atoms with van der Waals surface area (Å²) in [6, 6.07) is 18.1. The van der Waals surface area contributed by atoms with Crippen LogP contribution in [0.2, 0.25) is 0 Å². The Labute approximate surface area is 129 Å². The monoisotopic (exact) mass is 290 g/mol. The van der Waals surface area contributed by atoms with Gasteiger partial charge in [0.1, 0.15) is 0 Å². The molecule has 2 heterocycles. The Morgan fingerprint density at radius 2 is 1.45 bits per heavy atom. The highest BCUT2D eigenvalue weighted by Crippen LogP contribution is 2.11. The second-order valence-electron chi connectivity index (χ2n) is 5.04. The van der Waals surface area contributed by atoms with Gasteiger partial charge in [-0.15, -0.1) is 0 Å². The van der Waals surface area contributed by atoms with E-state index >= 15 is 0 Å². The average molecular weight is 290 g/mol. The number of aromatic nitrogens is 2. The fourth-order valence-electron chi connectivity index (χ4n) is 2.28. The van der Waals surface area contributed by atoms with Gasteiger partial charge in [-0.3, -0.25) is 9.98 Å². The highest BCUT2D eigenvalue weighted by molar-refractivity contribution is 5.80. The maximum Gasteiger partial charge on any atom is 0.0630 e. The molecule has 0 saturated heterocycles. The molecule has 0 radical (unpaired) electrons. The van der Waals surface area contributed by atoms with Gasteiger partial charge in [-0.1, -0.05) is 18.2 Å². The molecule has 0 spiro atoms. The van der Waals surface area contributed by atoms with Gasteiger partial charge in [-0.2, -0.15) is 0 Å². The van der Waals surface area contributed by atoms with Crippen molar-refractivity contribution in [3.63, 3.8) is 0 Å². The van der Waals surface area contributed by atoms with Gasteiger partial charge in [0.25, 0.3) is 0 Å². The maximum absolute atomic E-state index is 4.44. The van der Waals surface area contributed by atoms with E-state index in [1.54, 1.807) is 7.05 Å². The Kier molecular flexibility index (Phi) is 4.30. The van der Waals surface area contributed by atoms with Gasteiger partial charge in [0.2, 0.25) is 0 Å². The summed E-state index contributed by atoms with van der Waals surface area (Å²) in [6.07, 6.45) is 4.50. The molecule has 0 atom stereocenters. The molecule has 3 rings (SSSR count). The summed E-state index contributed by atoms with van der Waals surface area (Å²) in [7, 11) is 1.77. The van der Waals surface area contributed by atoms with Crippen LogP contribution in [-0.2, 0) is 6.42 Å². The van der Waals surface area contributed by atoms with Crippen LogP contribution in [0.5, 0.6) is 0 Å². The molecule has 22 heavy (non-hydrogen) atoms. The number of hydrogen-bond acceptors (Lipinski definition) is 2. The van der Waals surface area contributed by atoms with Crippen molar-refractivity contribution in [3.8, 4) is 0 Å². The van der Waals surface area contributed by atoms with Gasteiger partial charge >= 0.3 is 0 Å². The summed E-state index contributed by atoms with van der Waals surface area (Å²) in [5, 5.41) is 0. The lowest BCUT2D eigenvalue weighted by Crippen LogP contribution is -1.90. The van der Waals surface area contributed by atoms with Crippen LogP contribution in [0.4, 0.5) is 5.69 Å². The lowest BCUT2D eigenvalue weighted by molar-refractivity contribution is 1.05. The topological polar surface area (TPSA) is 56.3 Å². The first-order chi connectivity index (χ1) is 10.8. The third kappa shape index (κ3) is 3.61. The molecule has 4 nitrogen and oxygen atoms in total. The largest absolute Gasteiger partial charge is 0.357 e. The highest BCUT2D eigenvalue weighted by Gasteiger charge is 2.01. The van der Waals surface area contributed by atoms with E-state index in [1.807, 2.05) is 54.9 Å². The van der Waals surface area contributed by atoms with E-state index in [0.717, 1.165) is 34.9 Å². The predicted molar refractivity (Wildman–Crippen MR) is 91.6 cm³/mol. The Balaban J connectivity index is 1.67. The van der Waals surface area contributed by atoms with Crippen LogP contribution in [0.1, 0.15) is 22.8 Å². The van der Waals surface area contributed by atoms with Crippen molar-refractivity contribution in [2.45, 2.75) is 6.42 Å². The second kappa shape index (κ2) is 6.72. The summed E-state index contributed by atoms with van der Waals surface area (Å²) < 4.78 is 0. The van der Waals surface area contributed by atoms with Crippen LogP contribution in [-0.4, -0.2) is 29.4 Å². The van der Waals surface area contributed by atoms with Crippen LogP contribution in [0.3, 0.4) is 0 Å². The molecule has 4 heteroatoms. The van der Waals surface area contributed by atoms with Crippen LogP contribution in [0.25, 0.3) is 0 Å². The Morgan fingerprint density at radius 1 is 0.818 bits per heavy atom. The fourth-order valence-corrected chi connectivity index (χ4v) is 2.28. The molecule has 0 aliphatic carbocycles. The number of aliphatic imine (C=N–C) groups is 2. The summed E-state index contributed by atoms with van der Waals surface area (Å²) in [5.41, 5.74) is 5.28. The zero-order valence-corrected chi connectivity index (χ0v) is 12.5. The molecule has 1 aromatic carbocycles. The second-order valence-corrected chi connectivity index (χ2v) is 5.04. The third-order valence-electron chi connectivity index (χ3n) is 3.30. The quantitative estimate of drug-likeness (QED) is 0.673. The summed E-state index contributed by atoms with van der Waals surface area (Å²) in [6.45, 7) is 0. The minimum atomic E-state index is 0.830. The molecule has 3 aromatic rings. The van der Waals surface area contributed by atoms with Crippen molar-refractivity contribution in [1.29, 1.82) is 0 Å². The molecule has 110 valence electrons. The zero-order chi connectivity index (χ0) is 15.2. The molecule has 2 aromatic heterocycles. The number of hydrogen-bond donors (Lipinski definition) is 2. The number of H-pyrrole nitrogens is 2. The molecule has 0 aliphatic heterocycles. The molecule has 0 saturated carbocycles. The summed E-state index contributed by atoms with van der Waals surface area (Å²) in [5.74, 6) is 0. The molecule has 2 N–H and O–H groups in total. The van der Waals surface area contributed by atoms with Gasteiger partial charge in [0.15, 0.2) is 0 Å². The van der Waals surface area contributed by atoms with E-state index in [1.165, 1.54) is 0 Å². The minimum absolute atomic E-state index is 0.830. The molecular weight excluding hydrogens is 272 g/mol. The number of nitrogens with zero attached hydrogens (tertiary/aromatic N) is 2. The SMILES string of the molecule is CN=Cc1ccc(Cc2ccc(C=Nc3ccccc3)[nH]2)[nH]1. The van der Waals surface area contributed by atoms with Crippen LogP contribution in [0.15, 0.2) is 64.6 Å². The molecule has 0 bridgehead atoms. The van der Waals surface area contributed by atoms with Crippen molar-refractivity contribution in [2.24, 2.45) is 9.98 Å². The molecule has 0 fully saturated rings. The molecular formula is C18H18N4. The van der Waals surface area contributed by atoms with E-state index in [4.69, 9.17) is 0 Å². The normalized spacial score (nSPS) is 11.7. The van der Waals surface area contributed by atoms with Crippen molar-refractivity contribution in [3.05, 3.63) is 77.4 Å². The van der Waals surface area contributed by atoms with Gasteiger partial charge in [-0.05, 0) is 36.4 Å². The first kappa shape index (κ1) is 14.1. The van der Waals surface area contributed by atoms with E-state index in [0.29, 0.717) is 0 Å². The maximum atomic E-state index is 4.44. The summed E-state index contributed by atoms with van der Waals surface area (Å²) in [4.78, 5) is 15.1. The number of rotatable bonds is 5. The Morgan fingerprint density at radius 3 is 2.09 bits per heavy atom. The van der Waals surface area contributed by atoms with Crippen molar-refractivity contribution < 1.29 is 0 Å². The van der Waals surface area contributed by atoms with Crippen LogP contribution >= 0.6 is 0 Å². The van der Waals surface area contributed by atoms with Crippen LogP contribution < -0.4 is 0 Å². The minimum Gasteiger partial charge on any atom is -0.357 e. The molecule has 0 aliphatic rings. The molecule has 0 unspecified atom stereocenters. The van der Waals surface area contributed by atoms with E-state index in [2.05, 4.69) is 32.1 Å². The van der Waals surface area contributed by atoms with Gasteiger partial charge in [0.05, 0.1) is 23.3 Å². The smallest absolute Gasteiger partial charge is 0.0630 e. The van der Waals surface area contributed by atoms with E-state index < -0.39 is 0 Å². The predicted octanol–water partition coefficient (Wildman–Crippen LogP) is 3.73. The number of aromatic amines is 2. The van der Waals surface area contributed by atoms with Gasteiger partial charge in [-0.25, -0.2) is 0 Å². The van der Waals surface area contributed by atoms with Gasteiger partial charge in [0, 0.05) is 31.1 Å². The summed E-state index contributed by atoms with van der Waals surface area (Å²) >= 11 is 0. The van der Waals surface area contributed by atoms with Gasteiger partial charge < -0.3 is 9.97 Å². The zero-order valence-electron chi connectivity index (χ0n) is 12.5. The van der Waals surface area contributed by atoms with Crippen molar-refractivity contribution in [2.75, 3.05) is 7.05 Å². The standard InChI is InChI=1S/C18H18N4/c1-19-12-17-9-7-15(21-17)11-16-8-10-18(22-16)13-20-14-5-3-2-4-6-14/h2-10,12-13,21-22H,11H2,1H3. The average Bonchev–Trinajstić information content (AvgIpc) is 3.17. The Bertz CT molecular complexity index is 778. The third-order valence-corrected chi connectivity index (χ3v) is 3.30. The number of para-hydroxylation sites is 1. The van der Waals surface area contributed by atoms with E-state index in [-0.39, 0.29) is 0 Å². The lowest BCUT2D eigenvalue weighted by atomic mass is 10.2. The highest BCUT2D eigenvalue weighted by atomic mass is 14.8. The van der Waals surface area contributed by atoms with Crippen molar-refractivity contribution in [1.82, 2.24) is 9.97 Å². The lowest BCUT2D eigenvalue weighted by Gasteiger charge is -1.95. The number of nitrogens with one attached hydrogen (secondary N) is 2. The fraction of sp³-hybridized carbons (Fsp3) is 0.111. The first-order valence-corrected chi connectivity index (χ1v) is 7.20. The number of benzene rings is 1.